The molecule has 0 fully saturated rings. The smallest absolute Gasteiger partial charge is 0.162 e. The summed E-state index contributed by atoms with van der Waals surface area (Å²) in [7, 11) is 0. The maximum atomic E-state index is 9.42. The van der Waals surface area contributed by atoms with E-state index in [-0.39, 0.29) is 17.5 Å². The van der Waals surface area contributed by atoms with Gasteiger partial charge in [0.15, 0.2) is 11.5 Å². The van der Waals surface area contributed by atoms with E-state index in [1.165, 1.54) is 6.07 Å². The molecule has 0 aliphatic heterocycles. The molecule has 4 nitrogen and oxygen atoms in total. The van der Waals surface area contributed by atoms with Gasteiger partial charge in [-0.1, -0.05) is 12.1 Å². The minimum Gasteiger partial charge on any atom is -0.504 e. The van der Waals surface area contributed by atoms with Crippen LogP contribution < -0.4 is 11.5 Å². The minimum atomic E-state index is -0.322. The lowest BCUT2D eigenvalue weighted by Gasteiger charge is -2.12. The molecule has 0 radical (unpaired) electrons. The Bertz CT molecular complexity index is 289. The van der Waals surface area contributed by atoms with E-state index in [1.807, 2.05) is 0 Å². The summed E-state index contributed by atoms with van der Waals surface area (Å²) in [5, 5.41) is 18.6. The second kappa shape index (κ2) is 4.11. The Labute approximate surface area is 76.8 Å². The van der Waals surface area contributed by atoms with Crippen molar-refractivity contribution in [1.29, 1.82) is 0 Å². The third-order valence-electron chi connectivity index (χ3n) is 1.92. The monoisotopic (exact) mass is 182 g/mol. The van der Waals surface area contributed by atoms with Gasteiger partial charge < -0.3 is 21.7 Å². The first-order valence-electron chi connectivity index (χ1n) is 4.13. The normalized spacial score (nSPS) is 12.8. The summed E-state index contributed by atoms with van der Waals surface area (Å²) in [6.45, 7) is 0.455. The second-order valence-electron chi connectivity index (χ2n) is 2.90. The van der Waals surface area contributed by atoms with Crippen LogP contribution in [0.15, 0.2) is 18.2 Å². The molecule has 72 valence electrons. The van der Waals surface area contributed by atoms with Crippen LogP contribution >= 0.6 is 0 Å². The van der Waals surface area contributed by atoms with E-state index >= 15 is 0 Å². The molecule has 1 rings (SSSR count). The molecule has 1 aromatic rings. The Hall–Kier alpha value is -1.26. The number of hydrogen-bond donors (Lipinski definition) is 4. The number of para-hydroxylation sites is 1. The fraction of sp³-hybridized carbons (Fsp3) is 0.333. The summed E-state index contributed by atoms with van der Waals surface area (Å²) in [4.78, 5) is 0. The maximum Gasteiger partial charge on any atom is 0.162 e. The van der Waals surface area contributed by atoms with Crippen LogP contribution in [-0.2, 0) is 0 Å². The topological polar surface area (TPSA) is 92.5 Å². The van der Waals surface area contributed by atoms with Crippen LogP contribution in [0.5, 0.6) is 11.5 Å². The molecule has 13 heavy (non-hydrogen) atoms. The number of nitrogens with two attached hydrogens (primary N) is 2. The molecule has 0 saturated carbocycles. The van der Waals surface area contributed by atoms with Crippen LogP contribution in [0.1, 0.15) is 18.0 Å². The van der Waals surface area contributed by atoms with Crippen molar-refractivity contribution in [3.8, 4) is 11.5 Å². The molecule has 4 heteroatoms. The molecule has 0 saturated heterocycles. The summed E-state index contributed by atoms with van der Waals surface area (Å²) >= 11 is 0. The highest BCUT2D eigenvalue weighted by Crippen LogP contribution is 2.32. The second-order valence-corrected chi connectivity index (χ2v) is 2.90. The Morgan fingerprint density at radius 3 is 2.62 bits per heavy atom. The number of benzene rings is 1. The Balaban J connectivity index is 2.93. The molecule has 0 aliphatic rings. The number of rotatable bonds is 3. The summed E-state index contributed by atoms with van der Waals surface area (Å²) in [5.74, 6) is -0.298. The third kappa shape index (κ3) is 2.11. The molecular formula is C9H14N2O2. The van der Waals surface area contributed by atoms with E-state index in [2.05, 4.69) is 0 Å². The first kappa shape index (κ1) is 9.83. The zero-order valence-electron chi connectivity index (χ0n) is 7.27. The summed E-state index contributed by atoms with van der Waals surface area (Å²) in [5.41, 5.74) is 11.6. The van der Waals surface area contributed by atoms with E-state index in [9.17, 15) is 10.2 Å². The lowest BCUT2D eigenvalue weighted by molar-refractivity contribution is 0.395. The fourth-order valence-electron chi connectivity index (χ4n) is 1.18. The summed E-state index contributed by atoms with van der Waals surface area (Å²) in [6.07, 6.45) is 0.580. The lowest BCUT2D eigenvalue weighted by atomic mass is 10.0. The van der Waals surface area contributed by atoms with E-state index in [0.29, 0.717) is 18.5 Å². The Morgan fingerprint density at radius 1 is 1.31 bits per heavy atom. The van der Waals surface area contributed by atoms with Gasteiger partial charge in [-0.15, -0.1) is 0 Å². The van der Waals surface area contributed by atoms with Crippen molar-refractivity contribution in [3.63, 3.8) is 0 Å². The highest BCUT2D eigenvalue weighted by molar-refractivity contribution is 5.45. The van der Waals surface area contributed by atoms with Crippen LogP contribution in [0, 0.1) is 0 Å². The predicted molar refractivity (Wildman–Crippen MR) is 50.4 cm³/mol. The van der Waals surface area contributed by atoms with Gasteiger partial charge in [0.2, 0.25) is 0 Å². The number of aromatic hydroxyl groups is 2. The largest absolute Gasteiger partial charge is 0.504 e. The van der Waals surface area contributed by atoms with E-state index < -0.39 is 0 Å². The molecule has 0 aliphatic carbocycles. The van der Waals surface area contributed by atoms with Crippen LogP contribution in [0.2, 0.25) is 0 Å². The molecule has 0 aromatic heterocycles. The molecule has 0 spiro atoms. The van der Waals surface area contributed by atoms with E-state index in [1.54, 1.807) is 12.1 Å². The zero-order chi connectivity index (χ0) is 9.84. The number of phenolic OH excluding ortho intramolecular Hbond substituents is 2. The van der Waals surface area contributed by atoms with Gasteiger partial charge >= 0.3 is 0 Å². The van der Waals surface area contributed by atoms with Gasteiger partial charge in [0.25, 0.3) is 0 Å². The fourth-order valence-corrected chi connectivity index (χ4v) is 1.18. The van der Waals surface area contributed by atoms with Crippen LogP contribution in [-0.4, -0.2) is 16.8 Å². The average Bonchev–Trinajstić information content (AvgIpc) is 2.10. The molecule has 6 N–H and O–H groups in total. The van der Waals surface area contributed by atoms with Crippen molar-refractivity contribution in [1.82, 2.24) is 0 Å². The van der Waals surface area contributed by atoms with Gasteiger partial charge in [-0.25, -0.2) is 0 Å². The van der Waals surface area contributed by atoms with Gasteiger partial charge in [0.05, 0.1) is 0 Å². The van der Waals surface area contributed by atoms with Crippen molar-refractivity contribution in [3.05, 3.63) is 23.8 Å². The SMILES string of the molecule is NCC[C@H](N)c1cccc(O)c1O. The van der Waals surface area contributed by atoms with Crippen molar-refractivity contribution < 1.29 is 10.2 Å². The molecule has 1 atom stereocenters. The van der Waals surface area contributed by atoms with Gasteiger partial charge in [0, 0.05) is 11.6 Å². The quantitative estimate of drug-likeness (QED) is 0.510. The van der Waals surface area contributed by atoms with Gasteiger partial charge in [-0.05, 0) is 19.0 Å². The zero-order valence-corrected chi connectivity index (χ0v) is 7.27. The predicted octanol–water partition coefficient (Wildman–Crippen LogP) is 0.446. The molecule has 0 unspecified atom stereocenters. The van der Waals surface area contributed by atoms with Gasteiger partial charge in [-0.2, -0.15) is 0 Å². The number of phenols is 2. The lowest BCUT2D eigenvalue weighted by Crippen LogP contribution is -2.15. The molecule has 0 amide bonds. The minimum absolute atomic E-state index is 0.148. The highest BCUT2D eigenvalue weighted by atomic mass is 16.3. The van der Waals surface area contributed by atoms with Crippen molar-refractivity contribution in [2.24, 2.45) is 11.5 Å². The van der Waals surface area contributed by atoms with Crippen molar-refractivity contribution in [2.45, 2.75) is 12.5 Å². The van der Waals surface area contributed by atoms with E-state index in [0.717, 1.165) is 0 Å². The maximum absolute atomic E-state index is 9.42. The van der Waals surface area contributed by atoms with Crippen molar-refractivity contribution in [2.75, 3.05) is 6.54 Å². The summed E-state index contributed by atoms with van der Waals surface area (Å²) < 4.78 is 0. The van der Waals surface area contributed by atoms with E-state index in [4.69, 9.17) is 11.5 Å². The van der Waals surface area contributed by atoms with Crippen LogP contribution in [0.25, 0.3) is 0 Å². The van der Waals surface area contributed by atoms with Gasteiger partial charge in [-0.3, -0.25) is 0 Å². The Morgan fingerprint density at radius 2 is 2.00 bits per heavy atom. The highest BCUT2D eigenvalue weighted by Gasteiger charge is 2.12. The van der Waals surface area contributed by atoms with Crippen molar-refractivity contribution >= 4 is 0 Å². The molecule has 0 bridgehead atoms. The van der Waals surface area contributed by atoms with Crippen LogP contribution in [0.3, 0.4) is 0 Å². The first-order chi connectivity index (χ1) is 6.16. The average molecular weight is 182 g/mol. The molecule has 0 heterocycles. The molecular weight excluding hydrogens is 168 g/mol. The number of hydrogen-bond acceptors (Lipinski definition) is 4. The standard InChI is InChI=1S/C9H14N2O2/c10-5-4-7(11)6-2-1-3-8(12)9(6)13/h1-3,7,12-13H,4-5,10-11H2/t7-/m0/s1. The Kier molecular flexibility index (Phi) is 3.11. The van der Waals surface area contributed by atoms with Crippen LogP contribution in [0.4, 0.5) is 0 Å². The first-order valence-corrected chi connectivity index (χ1v) is 4.13. The summed E-state index contributed by atoms with van der Waals surface area (Å²) in [6, 6.07) is 4.40. The molecule has 1 aromatic carbocycles. The third-order valence-corrected chi connectivity index (χ3v) is 1.92. The van der Waals surface area contributed by atoms with Gasteiger partial charge in [0.1, 0.15) is 0 Å².